The number of alkyl carbamates (subject to hydrolysis) is 1. The molecule has 3 N–H and O–H groups in total. The van der Waals surface area contributed by atoms with E-state index in [-0.39, 0.29) is 18.9 Å². The largest absolute Gasteiger partial charge is 0.480 e. The first kappa shape index (κ1) is 27.7. The van der Waals surface area contributed by atoms with Crippen molar-refractivity contribution in [1.82, 2.24) is 10.2 Å². The van der Waals surface area contributed by atoms with Gasteiger partial charge in [-0.2, -0.15) is 0 Å². The molecule has 2 atom stereocenters. The second-order valence-electron chi connectivity index (χ2n) is 9.83. The fourth-order valence-electron chi connectivity index (χ4n) is 3.71. The first-order chi connectivity index (χ1) is 14.6. The minimum atomic E-state index is -1.74. The highest BCUT2D eigenvalue weighted by atomic mass is 16.6. The van der Waals surface area contributed by atoms with Crippen LogP contribution in [-0.2, 0) is 23.9 Å². The number of amides is 2. The van der Waals surface area contributed by atoms with Crippen LogP contribution in [0.4, 0.5) is 4.79 Å². The molecule has 0 aromatic rings. The molecule has 0 unspecified atom stereocenters. The van der Waals surface area contributed by atoms with Gasteiger partial charge in [0.2, 0.25) is 5.91 Å². The number of aliphatic hydroxyl groups is 1. The summed E-state index contributed by atoms with van der Waals surface area (Å²) in [5, 5.41) is 22.2. The summed E-state index contributed by atoms with van der Waals surface area (Å²) in [6.07, 6.45) is 3.46. The third-order valence-corrected chi connectivity index (χ3v) is 5.11. The molecule has 0 aromatic heterocycles. The summed E-state index contributed by atoms with van der Waals surface area (Å²) in [7, 11) is 1.23. The van der Waals surface area contributed by atoms with Crippen LogP contribution < -0.4 is 5.32 Å². The molecule has 2 amide bonds. The van der Waals surface area contributed by atoms with Gasteiger partial charge in [-0.15, -0.1) is 0 Å². The van der Waals surface area contributed by atoms with Crippen molar-refractivity contribution in [2.75, 3.05) is 7.05 Å². The van der Waals surface area contributed by atoms with Crippen LogP contribution in [0.15, 0.2) is 0 Å². The van der Waals surface area contributed by atoms with E-state index < -0.39 is 47.2 Å². The average Bonchev–Trinajstić information content (AvgIpc) is 2.62. The summed E-state index contributed by atoms with van der Waals surface area (Å²) in [5.41, 5.74) is -2.56. The molecule has 1 aliphatic rings. The molecule has 0 heterocycles. The predicted molar refractivity (Wildman–Crippen MR) is 116 cm³/mol. The van der Waals surface area contributed by atoms with E-state index in [1.165, 1.54) is 20.9 Å². The van der Waals surface area contributed by atoms with Crippen LogP contribution in [0.5, 0.6) is 0 Å². The lowest BCUT2D eigenvalue weighted by Crippen LogP contribution is -2.59. The monoisotopic (exact) mass is 458 g/mol. The summed E-state index contributed by atoms with van der Waals surface area (Å²) >= 11 is 0. The van der Waals surface area contributed by atoms with Gasteiger partial charge in [0, 0.05) is 13.5 Å². The highest BCUT2D eigenvalue weighted by Crippen LogP contribution is 2.21. The Morgan fingerprint density at radius 3 is 2.09 bits per heavy atom. The molecule has 0 spiro atoms. The van der Waals surface area contributed by atoms with Crippen LogP contribution in [0.25, 0.3) is 0 Å². The number of rotatable bonds is 9. The molecule has 0 aromatic carbocycles. The maximum atomic E-state index is 13.1. The summed E-state index contributed by atoms with van der Waals surface area (Å²) in [6.45, 7) is 7.52. The average molecular weight is 459 g/mol. The molecule has 1 aliphatic carbocycles. The number of carboxylic acid groups (broad SMARTS) is 1. The second-order valence-corrected chi connectivity index (χ2v) is 9.83. The van der Waals surface area contributed by atoms with E-state index in [1.54, 1.807) is 20.8 Å². The van der Waals surface area contributed by atoms with Crippen molar-refractivity contribution >= 4 is 23.9 Å². The maximum absolute atomic E-state index is 13.1. The molecule has 10 nitrogen and oxygen atoms in total. The van der Waals surface area contributed by atoms with Crippen LogP contribution in [0.2, 0.25) is 0 Å². The van der Waals surface area contributed by atoms with E-state index in [2.05, 4.69) is 5.32 Å². The molecule has 0 bridgehead atoms. The number of carboxylic acids is 1. The molecule has 0 radical (unpaired) electrons. The summed E-state index contributed by atoms with van der Waals surface area (Å²) < 4.78 is 10.7. The van der Waals surface area contributed by atoms with E-state index >= 15 is 0 Å². The number of nitrogens with zero attached hydrogens (tertiary/aromatic N) is 1. The van der Waals surface area contributed by atoms with Gasteiger partial charge >= 0.3 is 18.0 Å². The highest BCUT2D eigenvalue weighted by molar-refractivity contribution is 5.90. The van der Waals surface area contributed by atoms with Gasteiger partial charge in [-0.1, -0.05) is 6.42 Å². The molecule has 184 valence electrons. The Morgan fingerprint density at radius 2 is 1.62 bits per heavy atom. The van der Waals surface area contributed by atoms with E-state index in [4.69, 9.17) is 9.47 Å². The number of esters is 1. The number of aliphatic carboxylic acids is 1. The van der Waals surface area contributed by atoms with Crippen LogP contribution in [0.1, 0.15) is 79.6 Å². The lowest BCUT2D eigenvalue weighted by Gasteiger charge is -2.35. The third-order valence-electron chi connectivity index (χ3n) is 5.11. The van der Waals surface area contributed by atoms with Crippen LogP contribution in [-0.4, -0.2) is 75.5 Å². The number of likely N-dealkylation sites (N-methyl/N-ethyl adjacent to an activating group) is 1. The highest BCUT2D eigenvalue weighted by Gasteiger charge is 2.41. The SMILES string of the molecule is CN(C(=O)[C@H](CCC(=O)OC1CCCCC1)NC(=O)OC(C)(C)C)[C@H](C(=O)O)C(C)(C)O. The van der Waals surface area contributed by atoms with Crippen molar-refractivity contribution in [2.24, 2.45) is 0 Å². The molecule has 10 heteroatoms. The van der Waals surface area contributed by atoms with Crippen molar-refractivity contribution < 1.29 is 38.9 Å². The van der Waals surface area contributed by atoms with Crippen molar-refractivity contribution in [3.05, 3.63) is 0 Å². The Kier molecular flexibility index (Phi) is 9.94. The Bertz CT molecular complexity index is 674. The van der Waals surface area contributed by atoms with E-state index in [0.717, 1.165) is 37.0 Å². The van der Waals surface area contributed by atoms with E-state index in [9.17, 15) is 29.4 Å². The first-order valence-corrected chi connectivity index (χ1v) is 11.0. The van der Waals surface area contributed by atoms with Crippen molar-refractivity contribution in [2.45, 2.75) is 109 Å². The number of nitrogens with one attached hydrogen (secondary N) is 1. The molecule has 1 rings (SSSR count). The van der Waals surface area contributed by atoms with Gasteiger partial charge in [-0.3, -0.25) is 9.59 Å². The minimum absolute atomic E-state index is 0.105. The third kappa shape index (κ3) is 9.42. The zero-order valence-corrected chi connectivity index (χ0v) is 20.0. The van der Waals surface area contributed by atoms with Gasteiger partial charge in [-0.05, 0) is 66.7 Å². The van der Waals surface area contributed by atoms with Crippen molar-refractivity contribution in [3.8, 4) is 0 Å². The van der Waals surface area contributed by atoms with Gasteiger partial charge in [0.25, 0.3) is 0 Å². The number of carbonyl (C=O) groups excluding carboxylic acids is 3. The predicted octanol–water partition coefficient (Wildman–Crippen LogP) is 2.22. The fraction of sp³-hybridized carbons (Fsp3) is 0.818. The topological polar surface area (TPSA) is 142 Å². The van der Waals surface area contributed by atoms with Gasteiger partial charge < -0.3 is 29.9 Å². The molecule has 32 heavy (non-hydrogen) atoms. The van der Waals surface area contributed by atoms with Gasteiger partial charge in [-0.25, -0.2) is 9.59 Å². The van der Waals surface area contributed by atoms with Gasteiger partial charge in [0.05, 0.1) is 5.60 Å². The Balaban J connectivity index is 2.92. The molecule has 0 aliphatic heterocycles. The van der Waals surface area contributed by atoms with Gasteiger partial charge in [0.1, 0.15) is 17.7 Å². The lowest BCUT2D eigenvalue weighted by atomic mass is 9.96. The number of carbonyl (C=O) groups is 4. The zero-order valence-electron chi connectivity index (χ0n) is 20.0. The lowest BCUT2D eigenvalue weighted by molar-refractivity contribution is -0.160. The summed E-state index contributed by atoms with van der Waals surface area (Å²) in [4.78, 5) is 50.2. The quantitative estimate of drug-likeness (QED) is 0.446. The molecule has 1 fully saturated rings. The van der Waals surface area contributed by atoms with Crippen LogP contribution >= 0.6 is 0 Å². The maximum Gasteiger partial charge on any atom is 0.408 e. The van der Waals surface area contributed by atoms with Crippen LogP contribution in [0.3, 0.4) is 0 Å². The van der Waals surface area contributed by atoms with E-state index in [1.807, 2.05) is 0 Å². The van der Waals surface area contributed by atoms with E-state index in [0.29, 0.717) is 0 Å². The number of hydrogen-bond acceptors (Lipinski definition) is 7. The molecule has 0 saturated heterocycles. The second kappa shape index (κ2) is 11.5. The van der Waals surface area contributed by atoms with Crippen molar-refractivity contribution in [1.29, 1.82) is 0 Å². The first-order valence-electron chi connectivity index (χ1n) is 11.0. The summed E-state index contributed by atoms with van der Waals surface area (Å²) in [5.74, 6) is -2.66. The normalized spacial score (nSPS) is 17.1. The number of hydrogen-bond donors (Lipinski definition) is 3. The zero-order chi connectivity index (χ0) is 24.7. The Morgan fingerprint density at radius 1 is 1.06 bits per heavy atom. The van der Waals surface area contributed by atoms with Crippen LogP contribution in [0, 0.1) is 0 Å². The van der Waals surface area contributed by atoms with Gasteiger partial charge in [0.15, 0.2) is 6.04 Å². The smallest absolute Gasteiger partial charge is 0.408 e. The minimum Gasteiger partial charge on any atom is -0.480 e. The standard InChI is InChI=1S/C22H38N2O8/c1-21(2,3)32-20(29)23-15(12-13-16(25)31-14-10-8-7-9-11-14)18(26)24(6)17(19(27)28)22(4,5)30/h14-15,17,30H,7-13H2,1-6H3,(H,23,29)(H,27,28)/t15-,17+/m0/s1. The molecular weight excluding hydrogens is 420 g/mol. The Labute approximate surface area is 189 Å². The fourth-order valence-corrected chi connectivity index (χ4v) is 3.71. The van der Waals surface area contributed by atoms with Crippen molar-refractivity contribution in [3.63, 3.8) is 0 Å². The number of ether oxygens (including phenoxy) is 2. The summed E-state index contributed by atoms with van der Waals surface area (Å²) in [6, 6.07) is -2.80. The molecule has 1 saturated carbocycles. The molecular formula is C22H38N2O8. The Hall–Kier alpha value is -2.36.